The summed E-state index contributed by atoms with van der Waals surface area (Å²) in [6.45, 7) is 2.03. The average Bonchev–Trinajstić information content (AvgIpc) is 3.02. The Balaban J connectivity index is 1.87. The van der Waals surface area contributed by atoms with Crippen molar-refractivity contribution in [3.63, 3.8) is 0 Å². The van der Waals surface area contributed by atoms with E-state index < -0.39 is 5.91 Å². The van der Waals surface area contributed by atoms with Gasteiger partial charge >= 0.3 is 0 Å². The van der Waals surface area contributed by atoms with Crippen LogP contribution in [-0.4, -0.2) is 16.3 Å². The van der Waals surface area contributed by atoms with Gasteiger partial charge in [0.15, 0.2) is 10.6 Å². The molecule has 0 saturated carbocycles. The summed E-state index contributed by atoms with van der Waals surface area (Å²) in [6, 6.07) is 14.2. The number of carbonyl (C=O) groups is 2. The van der Waals surface area contributed by atoms with Crippen molar-refractivity contribution >= 4 is 34.6 Å². The molecule has 0 spiro atoms. The predicted molar refractivity (Wildman–Crippen MR) is 99.2 cm³/mol. The van der Waals surface area contributed by atoms with Crippen molar-refractivity contribution in [2.75, 3.05) is 0 Å². The summed E-state index contributed by atoms with van der Waals surface area (Å²) in [7, 11) is 0. The van der Waals surface area contributed by atoms with E-state index in [9.17, 15) is 9.59 Å². The van der Waals surface area contributed by atoms with Gasteiger partial charge in [0.1, 0.15) is 0 Å². The number of hydrogen-bond donors (Lipinski definition) is 0. The molecule has 4 nitrogen and oxygen atoms in total. The molecule has 1 aromatic heterocycles. The van der Waals surface area contributed by atoms with Crippen molar-refractivity contribution in [3.05, 3.63) is 86.6 Å². The van der Waals surface area contributed by atoms with Crippen LogP contribution in [0.5, 0.6) is 0 Å². The monoisotopic (exact) mass is 370 g/mol. The molecule has 0 unspecified atom stereocenters. The molecule has 0 fully saturated rings. The van der Waals surface area contributed by atoms with Gasteiger partial charge in [-0.2, -0.15) is 4.99 Å². The number of hydrogen-bond acceptors (Lipinski definition) is 3. The SMILES string of the molecule is Cc1ccc(C(=O)N=c2sccn2CC(=O)c2ccccc2)c(Cl)c1. The van der Waals surface area contributed by atoms with Gasteiger partial charge in [-0.25, -0.2) is 0 Å². The third-order valence-corrected chi connectivity index (χ3v) is 4.73. The molecule has 3 aromatic rings. The second kappa shape index (κ2) is 7.59. The minimum Gasteiger partial charge on any atom is -0.316 e. The maximum atomic E-state index is 12.4. The number of benzene rings is 2. The van der Waals surface area contributed by atoms with Crippen LogP contribution in [0.3, 0.4) is 0 Å². The van der Waals surface area contributed by atoms with Crippen LogP contribution in [0.4, 0.5) is 0 Å². The molecule has 6 heteroatoms. The highest BCUT2D eigenvalue weighted by molar-refractivity contribution is 7.07. The zero-order valence-electron chi connectivity index (χ0n) is 13.5. The van der Waals surface area contributed by atoms with Crippen LogP contribution in [-0.2, 0) is 6.54 Å². The first-order valence-corrected chi connectivity index (χ1v) is 8.88. The highest BCUT2D eigenvalue weighted by Gasteiger charge is 2.11. The third kappa shape index (κ3) is 4.13. The second-order valence-electron chi connectivity index (χ2n) is 5.50. The fourth-order valence-corrected chi connectivity index (χ4v) is 3.36. The van der Waals surface area contributed by atoms with Gasteiger partial charge in [-0.15, -0.1) is 11.3 Å². The fraction of sp³-hybridized carbons (Fsp3) is 0.105. The number of halogens is 1. The first kappa shape index (κ1) is 17.3. The summed E-state index contributed by atoms with van der Waals surface area (Å²) in [4.78, 5) is 29.4. The maximum absolute atomic E-state index is 12.4. The molecule has 3 rings (SSSR count). The van der Waals surface area contributed by atoms with Crippen LogP contribution in [0.2, 0.25) is 5.02 Å². The summed E-state index contributed by atoms with van der Waals surface area (Å²) in [6.07, 6.45) is 1.74. The topological polar surface area (TPSA) is 51.4 Å². The first-order valence-electron chi connectivity index (χ1n) is 7.62. The summed E-state index contributed by atoms with van der Waals surface area (Å²) < 4.78 is 1.67. The Hall–Kier alpha value is -2.50. The summed E-state index contributed by atoms with van der Waals surface area (Å²) in [5.74, 6) is -0.463. The summed E-state index contributed by atoms with van der Waals surface area (Å²) in [5, 5.41) is 2.17. The number of carbonyl (C=O) groups excluding carboxylic acids is 2. The molecule has 1 heterocycles. The lowest BCUT2D eigenvalue weighted by atomic mass is 10.1. The van der Waals surface area contributed by atoms with Gasteiger partial charge < -0.3 is 4.57 Å². The van der Waals surface area contributed by atoms with Crippen molar-refractivity contribution < 1.29 is 9.59 Å². The van der Waals surface area contributed by atoms with E-state index in [0.29, 0.717) is 21.0 Å². The Morgan fingerprint density at radius 1 is 1.16 bits per heavy atom. The Labute approximate surface area is 154 Å². The molecular formula is C19H15ClN2O2S. The normalized spacial score (nSPS) is 11.5. The molecule has 2 aromatic carbocycles. The van der Waals surface area contributed by atoms with E-state index in [2.05, 4.69) is 4.99 Å². The third-order valence-electron chi connectivity index (χ3n) is 3.62. The minimum atomic E-state index is -0.423. The number of amides is 1. The van der Waals surface area contributed by atoms with E-state index in [1.807, 2.05) is 31.2 Å². The lowest BCUT2D eigenvalue weighted by Gasteiger charge is -2.03. The molecule has 1 amide bonds. The van der Waals surface area contributed by atoms with Crippen molar-refractivity contribution in [3.8, 4) is 0 Å². The van der Waals surface area contributed by atoms with Gasteiger partial charge in [0.25, 0.3) is 5.91 Å². The van der Waals surface area contributed by atoms with E-state index in [1.54, 1.807) is 40.4 Å². The number of ketones is 1. The molecule has 0 N–H and O–H groups in total. The molecule has 0 aliphatic rings. The Bertz CT molecular complexity index is 990. The first-order chi connectivity index (χ1) is 12.0. The van der Waals surface area contributed by atoms with Crippen LogP contribution in [0, 0.1) is 6.92 Å². The second-order valence-corrected chi connectivity index (χ2v) is 6.78. The van der Waals surface area contributed by atoms with Gasteiger partial charge in [-0.1, -0.05) is 48.0 Å². The standard InChI is InChI=1S/C19H15ClN2O2S/c1-13-7-8-15(16(20)11-13)18(24)21-19-22(9-10-25-19)12-17(23)14-5-3-2-4-6-14/h2-11H,12H2,1H3. The Morgan fingerprint density at radius 2 is 1.92 bits per heavy atom. The lowest BCUT2D eigenvalue weighted by molar-refractivity contribution is 0.0963. The van der Waals surface area contributed by atoms with Crippen molar-refractivity contribution in [1.82, 2.24) is 4.57 Å². The molecule has 25 heavy (non-hydrogen) atoms. The Kier molecular flexibility index (Phi) is 5.26. The van der Waals surface area contributed by atoms with Crippen molar-refractivity contribution in [2.24, 2.45) is 4.99 Å². The molecule has 0 aliphatic heterocycles. The predicted octanol–water partition coefficient (Wildman–Crippen LogP) is 4.14. The highest BCUT2D eigenvalue weighted by Crippen LogP contribution is 2.18. The molecule has 0 bridgehead atoms. The number of nitrogens with zero attached hydrogens (tertiary/aromatic N) is 2. The van der Waals surface area contributed by atoms with Gasteiger partial charge in [0, 0.05) is 17.1 Å². The molecule has 126 valence electrons. The minimum absolute atomic E-state index is 0.0405. The van der Waals surface area contributed by atoms with E-state index in [4.69, 9.17) is 11.6 Å². The largest absolute Gasteiger partial charge is 0.316 e. The maximum Gasteiger partial charge on any atom is 0.281 e. The van der Waals surface area contributed by atoms with Crippen LogP contribution >= 0.6 is 22.9 Å². The molecule has 0 saturated heterocycles. The zero-order chi connectivity index (χ0) is 17.8. The van der Waals surface area contributed by atoms with Crippen LogP contribution in [0.15, 0.2) is 65.1 Å². The quantitative estimate of drug-likeness (QED) is 0.648. The molecular weight excluding hydrogens is 356 g/mol. The zero-order valence-corrected chi connectivity index (χ0v) is 15.1. The van der Waals surface area contributed by atoms with Crippen molar-refractivity contribution in [2.45, 2.75) is 13.5 Å². The molecule has 0 atom stereocenters. The van der Waals surface area contributed by atoms with E-state index in [-0.39, 0.29) is 12.3 Å². The average molecular weight is 371 g/mol. The number of rotatable bonds is 4. The fourth-order valence-electron chi connectivity index (χ4n) is 2.32. The summed E-state index contributed by atoms with van der Waals surface area (Å²) in [5.41, 5.74) is 1.95. The number of thiazole rings is 1. The highest BCUT2D eigenvalue weighted by atomic mass is 35.5. The number of Topliss-reactive ketones (excluding diaryl/α,β-unsaturated/α-hetero) is 1. The van der Waals surface area contributed by atoms with Crippen molar-refractivity contribution in [1.29, 1.82) is 0 Å². The van der Waals surface area contributed by atoms with E-state index in [1.165, 1.54) is 11.3 Å². The van der Waals surface area contributed by atoms with Gasteiger partial charge in [0.2, 0.25) is 0 Å². The molecule has 0 radical (unpaired) electrons. The van der Waals surface area contributed by atoms with Gasteiger partial charge in [-0.3, -0.25) is 9.59 Å². The number of aryl methyl sites for hydroxylation is 1. The molecule has 0 aliphatic carbocycles. The van der Waals surface area contributed by atoms with Crippen LogP contribution in [0.25, 0.3) is 0 Å². The smallest absolute Gasteiger partial charge is 0.281 e. The van der Waals surface area contributed by atoms with Gasteiger partial charge in [0.05, 0.1) is 17.1 Å². The van der Waals surface area contributed by atoms with Crippen LogP contribution in [0.1, 0.15) is 26.3 Å². The summed E-state index contributed by atoms with van der Waals surface area (Å²) >= 11 is 7.43. The van der Waals surface area contributed by atoms with E-state index in [0.717, 1.165) is 5.56 Å². The lowest BCUT2D eigenvalue weighted by Crippen LogP contribution is -2.21. The Morgan fingerprint density at radius 3 is 2.64 bits per heavy atom. The van der Waals surface area contributed by atoms with E-state index >= 15 is 0 Å². The van der Waals surface area contributed by atoms with Crippen LogP contribution < -0.4 is 4.80 Å². The number of aromatic nitrogens is 1. The van der Waals surface area contributed by atoms with Gasteiger partial charge in [-0.05, 0) is 24.6 Å².